The van der Waals surface area contributed by atoms with E-state index in [1.165, 1.54) is 0 Å². The van der Waals surface area contributed by atoms with Gasteiger partial charge >= 0.3 is 0 Å². The van der Waals surface area contributed by atoms with Crippen molar-refractivity contribution in [2.24, 2.45) is 0 Å². The topological polar surface area (TPSA) is 76.4 Å². The number of benzene rings is 1. The Labute approximate surface area is 171 Å². The van der Waals surface area contributed by atoms with Gasteiger partial charge < -0.3 is 15.1 Å². The molecule has 0 spiro atoms. The Morgan fingerprint density at radius 2 is 2.04 bits per heavy atom. The molecule has 1 saturated carbocycles. The van der Waals surface area contributed by atoms with Crippen LogP contribution in [0, 0.1) is 11.3 Å². The number of halogens is 1. The molecule has 2 fully saturated rings. The summed E-state index contributed by atoms with van der Waals surface area (Å²) in [6.45, 7) is 2.47. The van der Waals surface area contributed by atoms with E-state index in [9.17, 15) is 14.9 Å². The average molecular weight is 403 g/mol. The first-order valence-electron chi connectivity index (χ1n) is 9.93. The third-order valence-electron chi connectivity index (χ3n) is 5.93. The van der Waals surface area contributed by atoms with Crippen molar-refractivity contribution in [2.75, 3.05) is 23.8 Å². The van der Waals surface area contributed by atoms with Gasteiger partial charge in [0.05, 0.1) is 16.8 Å². The Morgan fingerprint density at radius 1 is 1.32 bits per heavy atom. The summed E-state index contributed by atoms with van der Waals surface area (Å²) in [6.07, 6.45) is 5.90. The molecule has 1 aliphatic carbocycles. The van der Waals surface area contributed by atoms with E-state index in [2.05, 4.69) is 11.4 Å². The fourth-order valence-corrected chi connectivity index (χ4v) is 4.47. The minimum Gasteiger partial charge on any atom is -0.374 e. The summed E-state index contributed by atoms with van der Waals surface area (Å²) in [5.41, 5.74) is 0.712. The highest BCUT2D eigenvalue weighted by Gasteiger charge is 2.40. The SMILES string of the molecule is C[C@@H](Nc1ccc(N2CCCC2=O)c(Cl)c1)C(=O)N(C)C1(C#N)CCCCC1. The number of carbonyl (C=O) groups is 2. The molecule has 7 heteroatoms. The molecule has 1 N–H and O–H groups in total. The number of anilines is 2. The van der Waals surface area contributed by atoms with Crippen LogP contribution in [0.3, 0.4) is 0 Å². The van der Waals surface area contributed by atoms with E-state index in [4.69, 9.17) is 11.6 Å². The zero-order valence-electron chi connectivity index (χ0n) is 16.5. The lowest BCUT2D eigenvalue weighted by atomic mass is 9.81. The normalized spacial score (nSPS) is 19.8. The third-order valence-corrected chi connectivity index (χ3v) is 6.23. The lowest BCUT2D eigenvalue weighted by Gasteiger charge is -2.40. The third kappa shape index (κ3) is 3.95. The predicted molar refractivity (Wildman–Crippen MR) is 110 cm³/mol. The van der Waals surface area contributed by atoms with Gasteiger partial charge in [0.2, 0.25) is 11.8 Å². The van der Waals surface area contributed by atoms with Crippen LogP contribution in [0.4, 0.5) is 11.4 Å². The van der Waals surface area contributed by atoms with E-state index in [0.29, 0.717) is 29.4 Å². The smallest absolute Gasteiger partial charge is 0.245 e. The average Bonchev–Trinajstić information content (AvgIpc) is 3.13. The van der Waals surface area contributed by atoms with Crippen molar-refractivity contribution in [3.63, 3.8) is 0 Å². The lowest BCUT2D eigenvalue weighted by Crippen LogP contribution is -2.53. The fraction of sp³-hybridized carbons (Fsp3) is 0.571. The van der Waals surface area contributed by atoms with Gasteiger partial charge in [-0.15, -0.1) is 0 Å². The summed E-state index contributed by atoms with van der Waals surface area (Å²) in [7, 11) is 1.73. The van der Waals surface area contributed by atoms with E-state index < -0.39 is 11.6 Å². The Morgan fingerprint density at radius 3 is 2.61 bits per heavy atom. The lowest BCUT2D eigenvalue weighted by molar-refractivity contribution is -0.135. The highest BCUT2D eigenvalue weighted by molar-refractivity contribution is 6.34. The summed E-state index contributed by atoms with van der Waals surface area (Å²) in [4.78, 5) is 28.2. The van der Waals surface area contributed by atoms with Crippen molar-refractivity contribution in [1.29, 1.82) is 5.26 Å². The molecule has 150 valence electrons. The van der Waals surface area contributed by atoms with Crippen LogP contribution in [0.1, 0.15) is 51.9 Å². The number of carbonyl (C=O) groups excluding carboxylic acids is 2. The molecule has 28 heavy (non-hydrogen) atoms. The van der Waals surface area contributed by atoms with E-state index in [1.807, 2.05) is 12.1 Å². The van der Waals surface area contributed by atoms with E-state index in [0.717, 1.165) is 38.5 Å². The molecule has 0 bridgehead atoms. The second-order valence-electron chi connectivity index (χ2n) is 7.78. The zero-order valence-corrected chi connectivity index (χ0v) is 17.3. The van der Waals surface area contributed by atoms with Crippen molar-refractivity contribution in [2.45, 2.75) is 63.5 Å². The van der Waals surface area contributed by atoms with Crippen LogP contribution in [-0.4, -0.2) is 41.9 Å². The number of rotatable bonds is 5. The molecule has 1 aromatic carbocycles. The molecule has 1 atom stereocenters. The minimum absolute atomic E-state index is 0.0852. The number of likely N-dealkylation sites (N-methyl/N-ethyl adjacent to an activating group) is 1. The molecule has 0 radical (unpaired) electrons. The Balaban J connectivity index is 1.69. The number of nitrogens with one attached hydrogen (secondary N) is 1. The molecule has 1 saturated heterocycles. The maximum absolute atomic E-state index is 12.9. The van der Waals surface area contributed by atoms with Gasteiger partial charge in [-0.05, 0) is 44.4 Å². The molecule has 1 aliphatic heterocycles. The number of nitrogens with zero attached hydrogens (tertiary/aromatic N) is 3. The molecule has 1 aromatic rings. The largest absolute Gasteiger partial charge is 0.374 e. The molecule has 2 aliphatic rings. The molecular weight excluding hydrogens is 376 g/mol. The monoisotopic (exact) mass is 402 g/mol. The van der Waals surface area contributed by atoms with Gasteiger partial charge in [-0.2, -0.15) is 5.26 Å². The van der Waals surface area contributed by atoms with Crippen LogP contribution in [0.15, 0.2) is 18.2 Å². The van der Waals surface area contributed by atoms with Crippen molar-refractivity contribution < 1.29 is 9.59 Å². The van der Waals surface area contributed by atoms with Crippen LogP contribution >= 0.6 is 11.6 Å². The maximum atomic E-state index is 12.9. The minimum atomic E-state index is -0.705. The van der Waals surface area contributed by atoms with Crippen LogP contribution < -0.4 is 10.2 Å². The summed E-state index contributed by atoms with van der Waals surface area (Å²) in [5.74, 6) is -0.0274. The number of hydrogen-bond donors (Lipinski definition) is 1. The fourth-order valence-electron chi connectivity index (χ4n) is 4.19. The van der Waals surface area contributed by atoms with E-state index in [-0.39, 0.29) is 11.8 Å². The molecule has 1 heterocycles. The first kappa shape index (κ1) is 20.5. The molecule has 0 unspecified atom stereocenters. The quantitative estimate of drug-likeness (QED) is 0.808. The maximum Gasteiger partial charge on any atom is 0.245 e. The molecule has 6 nitrogen and oxygen atoms in total. The summed E-state index contributed by atoms with van der Waals surface area (Å²) in [5, 5.41) is 13.4. The van der Waals surface area contributed by atoms with Crippen molar-refractivity contribution in [3.05, 3.63) is 23.2 Å². The highest BCUT2D eigenvalue weighted by atomic mass is 35.5. The van der Waals surface area contributed by atoms with Crippen molar-refractivity contribution in [3.8, 4) is 6.07 Å². The number of nitriles is 1. The van der Waals surface area contributed by atoms with Crippen LogP contribution in [0.25, 0.3) is 0 Å². The number of amides is 2. The van der Waals surface area contributed by atoms with Gasteiger partial charge in [0.15, 0.2) is 0 Å². The summed E-state index contributed by atoms with van der Waals surface area (Å²) < 4.78 is 0. The Kier molecular flexibility index (Phi) is 6.14. The first-order valence-corrected chi connectivity index (χ1v) is 10.3. The highest BCUT2D eigenvalue weighted by Crippen LogP contribution is 2.34. The Hall–Kier alpha value is -2.26. The van der Waals surface area contributed by atoms with E-state index >= 15 is 0 Å². The van der Waals surface area contributed by atoms with Gasteiger partial charge in [-0.25, -0.2) is 0 Å². The second-order valence-corrected chi connectivity index (χ2v) is 8.19. The van der Waals surface area contributed by atoms with E-state index in [1.54, 1.807) is 29.8 Å². The van der Waals surface area contributed by atoms with Gasteiger partial charge in [-0.3, -0.25) is 9.59 Å². The molecule has 3 rings (SSSR count). The molecule has 2 amide bonds. The van der Waals surface area contributed by atoms with Gasteiger partial charge in [0.25, 0.3) is 0 Å². The molecule has 0 aromatic heterocycles. The predicted octanol–water partition coefficient (Wildman–Crippen LogP) is 3.95. The van der Waals surface area contributed by atoms with Gasteiger partial charge in [-0.1, -0.05) is 30.9 Å². The van der Waals surface area contributed by atoms with Crippen LogP contribution in [-0.2, 0) is 9.59 Å². The zero-order chi connectivity index (χ0) is 20.3. The van der Waals surface area contributed by atoms with Gasteiger partial charge in [0.1, 0.15) is 11.6 Å². The van der Waals surface area contributed by atoms with Crippen LogP contribution in [0.2, 0.25) is 5.02 Å². The van der Waals surface area contributed by atoms with Gasteiger partial charge in [0, 0.05) is 25.7 Å². The second kappa shape index (κ2) is 8.40. The molecular formula is C21H27ClN4O2. The van der Waals surface area contributed by atoms with Crippen LogP contribution in [0.5, 0.6) is 0 Å². The summed E-state index contributed by atoms with van der Waals surface area (Å²) in [6, 6.07) is 7.28. The number of hydrogen-bond acceptors (Lipinski definition) is 4. The summed E-state index contributed by atoms with van der Waals surface area (Å²) >= 11 is 6.39. The van der Waals surface area contributed by atoms with Crippen molar-refractivity contribution >= 4 is 34.8 Å². The Bertz CT molecular complexity index is 798. The van der Waals surface area contributed by atoms with Crippen molar-refractivity contribution in [1.82, 2.24) is 4.90 Å². The standard InChI is InChI=1S/C21H27ClN4O2/c1-15(20(28)25(2)21(14-23)10-4-3-5-11-21)24-16-8-9-18(17(22)13-16)26-12-6-7-19(26)27/h8-9,13,15,24H,3-7,10-12H2,1-2H3/t15-/m1/s1. The first-order chi connectivity index (χ1) is 13.4.